The number of nitrogens with one attached hydrogen (secondary N) is 1. The van der Waals surface area contributed by atoms with Crippen LogP contribution in [0.25, 0.3) is 10.6 Å². The fourth-order valence-corrected chi connectivity index (χ4v) is 2.85. The molecule has 2 heterocycles. The lowest BCUT2D eigenvalue weighted by Gasteiger charge is -2.08. The lowest BCUT2D eigenvalue weighted by Crippen LogP contribution is -2.11. The SMILES string of the molecule is COc1cc(OC)cc(C(=O)Nc2ncc(-c3ccccn3)s2)c1. The first-order valence-electron chi connectivity index (χ1n) is 7.11. The molecule has 1 N–H and O–H groups in total. The van der Waals surface area contributed by atoms with E-state index in [1.165, 1.54) is 25.6 Å². The van der Waals surface area contributed by atoms with Gasteiger partial charge >= 0.3 is 0 Å². The summed E-state index contributed by atoms with van der Waals surface area (Å²) in [5.74, 6) is 0.815. The van der Waals surface area contributed by atoms with Crippen LogP contribution < -0.4 is 14.8 Å². The summed E-state index contributed by atoms with van der Waals surface area (Å²) < 4.78 is 10.4. The molecule has 2 aromatic heterocycles. The molecule has 6 nitrogen and oxygen atoms in total. The van der Waals surface area contributed by atoms with Crippen molar-refractivity contribution >= 4 is 22.4 Å². The van der Waals surface area contributed by atoms with E-state index in [2.05, 4.69) is 15.3 Å². The second-order valence-corrected chi connectivity index (χ2v) is 5.83. The number of hydrogen-bond donors (Lipinski definition) is 1. The number of methoxy groups -OCH3 is 2. The molecular formula is C17H15N3O3S. The van der Waals surface area contributed by atoms with Gasteiger partial charge in [0.2, 0.25) is 0 Å². The third-order valence-electron chi connectivity index (χ3n) is 3.26. The molecule has 0 spiro atoms. The van der Waals surface area contributed by atoms with Crippen LogP contribution in [0.2, 0.25) is 0 Å². The highest BCUT2D eigenvalue weighted by Gasteiger charge is 2.13. The summed E-state index contributed by atoms with van der Waals surface area (Å²) in [5, 5.41) is 3.28. The van der Waals surface area contributed by atoms with Gasteiger partial charge < -0.3 is 9.47 Å². The fraction of sp³-hybridized carbons (Fsp3) is 0.118. The van der Waals surface area contributed by atoms with Crippen molar-refractivity contribution in [3.05, 3.63) is 54.4 Å². The molecule has 0 aliphatic carbocycles. The van der Waals surface area contributed by atoms with Gasteiger partial charge in [-0.15, -0.1) is 0 Å². The van der Waals surface area contributed by atoms with E-state index in [4.69, 9.17) is 9.47 Å². The zero-order valence-corrected chi connectivity index (χ0v) is 14.0. The number of carbonyl (C=O) groups excluding carboxylic acids is 1. The van der Waals surface area contributed by atoms with E-state index >= 15 is 0 Å². The summed E-state index contributed by atoms with van der Waals surface area (Å²) in [5.41, 5.74) is 1.25. The minimum Gasteiger partial charge on any atom is -0.497 e. The Balaban J connectivity index is 1.79. The summed E-state index contributed by atoms with van der Waals surface area (Å²) in [6, 6.07) is 10.6. The molecule has 1 aromatic carbocycles. The van der Waals surface area contributed by atoms with E-state index in [1.807, 2.05) is 18.2 Å². The highest BCUT2D eigenvalue weighted by Crippen LogP contribution is 2.28. The highest BCUT2D eigenvalue weighted by molar-refractivity contribution is 7.19. The quantitative estimate of drug-likeness (QED) is 0.769. The lowest BCUT2D eigenvalue weighted by molar-refractivity contribution is 0.102. The summed E-state index contributed by atoms with van der Waals surface area (Å²) >= 11 is 1.36. The average molecular weight is 341 g/mol. The summed E-state index contributed by atoms with van der Waals surface area (Å²) in [6.45, 7) is 0. The molecule has 24 heavy (non-hydrogen) atoms. The Morgan fingerprint density at radius 2 is 1.83 bits per heavy atom. The number of benzene rings is 1. The van der Waals surface area contributed by atoms with Gasteiger partial charge in [-0.2, -0.15) is 0 Å². The third kappa shape index (κ3) is 3.52. The lowest BCUT2D eigenvalue weighted by atomic mass is 10.2. The number of hydrogen-bond acceptors (Lipinski definition) is 6. The number of amides is 1. The number of carbonyl (C=O) groups is 1. The van der Waals surface area contributed by atoms with Crippen LogP contribution in [0.4, 0.5) is 5.13 Å². The van der Waals surface area contributed by atoms with Crippen LogP contribution in [-0.4, -0.2) is 30.1 Å². The number of anilines is 1. The van der Waals surface area contributed by atoms with E-state index in [0.717, 1.165) is 10.6 Å². The zero-order chi connectivity index (χ0) is 16.9. The van der Waals surface area contributed by atoms with E-state index in [0.29, 0.717) is 22.2 Å². The highest BCUT2D eigenvalue weighted by atomic mass is 32.1. The van der Waals surface area contributed by atoms with E-state index < -0.39 is 0 Å². The van der Waals surface area contributed by atoms with Gasteiger partial charge in [-0.1, -0.05) is 17.4 Å². The molecule has 0 bridgehead atoms. The number of thiazole rings is 1. The van der Waals surface area contributed by atoms with Crippen molar-refractivity contribution in [1.82, 2.24) is 9.97 Å². The van der Waals surface area contributed by atoms with Crippen LogP contribution in [0, 0.1) is 0 Å². The maximum atomic E-state index is 12.4. The van der Waals surface area contributed by atoms with Gasteiger partial charge in [-0.3, -0.25) is 15.1 Å². The average Bonchev–Trinajstić information content (AvgIpc) is 3.10. The second-order valence-electron chi connectivity index (χ2n) is 4.80. The first-order valence-corrected chi connectivity index (χ1v) is 7.93. The number of ether oxygens (including phenoxy) is 2. The van der Waals surface area contributed by atoms with Crippen molar-refractivity contribution < 1.29 is 14.3 Å². The van der Waals surface area contributed by atoms with Crippen molar-refractivity contribution in [2.75, 3.05) is 19.5 Å². The van der Waals surface area contributed by atoms with Crippen molar-refractivity contribution in [2.45, 2.75) is 0 Å². The molecule has 0 unspecified atom stereocenters. The van der Waals surface area contributed by atoms with E-state index in [-0.39, 0.29) is 5.91 Å². The number of pyridine rings is 1. The largest absolute Gasteiger partial charge is 0.497 e. The number of nitrogens with zero attached hydrogens (tertiary/aromatic N) is 2. The first kappa shape index (κ1) is 15.9. The monoisotopic (exact) mass is 341 g/mol. The topological polar surface area (TPSA) is 73.3 Å². The van der Waals surface area contributed by atoms with Crippen molar-refractivity contribution in [1.29, 1.82) is 0 Å². The molecule has 0 saturated carbocycles. The van der Waals surface area contributed by atoms with E-state index in [1.54, 1.807) is 30.6 Å². The molecule has 0 atom stereocenters. The predicted octanol–water partition coefficient (Wildman–Crippen LogP) is 3.47. The predicted molar refractivity (Wildman–Crippen MR) is 92.8 cm³/mol. The van der Waals surface area contributed by atoms with Gasteiger partial charge in [0, 0.05) is 24.0 Å². The van der Waals surface area contributed by atoms with Crippen LogP contribution >= 0.6 is 11.3 Å². The fourth-order valence-electron chi connectivity index (χ4n) is 2.07. The Bertz CT molecular complexity index is 827. The molecule has 0 aliphatic heterocycles. The number of aromatic nitrogens is 2. The Hall–Kier alpha value is -2.93. The maximum absolute atomic E-state index is 12.4. The van der Waals surface area contributed by atoms with Gasteiger partial charge in [-0.25, -0.2) is 4.98 Å². The van der Waals surface area contributed by atoms with Gasteiger partial charge in [0.05, 0.1) is 24.8 Å². The molecular weight excluding hydrogens is 326 g/mol. The Kier molecular flexibility index (Phi) is 4.72. The van der Waals surface area contributed by atoms with Gasteiger partial charge in [0.15, 0.2) is 5.13 Å². The van der Waals surface area contributed by atoms with Crippen LogP contribution in [0.3, 0.4) is 0 Å². The van der Waals surface area contributed by atoms with Crippen LogP contribution in [0.1, 0.15) is 10.4 Å². The number of rotatable bonds is 5. The maximum Gasteiger partial charge on any atom is 0.257 e. The standard InChI is InChI=1S/C17H15N3O3S/c1-22-12-7-11(8-13(9-12)23-2)16(21)20-17-19-10-15(24-17)14-5-3-4-6-18-14/h3-10H,1-2H3,(H,19,20,21). The zero-order valence-electron chi connectivity index (χ0n) is 13.1. The Morgan fingerprint density at radius 1 is 1.08 bits per heavy atom. The third-order valence-corrected chi connectivity index (χ3v) is 4.19. The van der Waals surface area contributed by atoms with Gasteiger partial charge in [-0.05, 0) is 24.3 Å². The molecule has 3 rings (SSSR count). The van der Waals surface area contributed by atoms with Crippen LogP contribution in [0.15, 0.2) is 48.8 Å². The Morgan fingerprint density at radius 3 is 2.46 bits per heavy atom. The van der Waals surface area contributed by atoms with Gasteiger partial charge in [0.1, 0.15) is 11.5 Å². The minimum atomic E-state index is -0.283. The minimum absolute atomic E-state index is 0.283. The molecule has 1 amide bonds. The van der Waals surface area contributed by atoms with Crippen molar-refractivity contribution in [2.24, 2.45) is 0 Å². The molecule has 0 radical (unpaired) electrons. The van der Waals surface area contributed by atoms with Crippen LogP contribution in [-0.2, 0) is 0 Å². The summed E-state index contributed by atoms with van der Waals surface area (Å²) in [7, 11) is 3.08. The van der Waals surface area contributed by atoms with Crippen LogP contribution in [0.5, 0.6) is 11.5 Å². The molecule has 3 aromatic rings. The molecule has 122 valence electrons. The molecule has 0 saturated heterocycles. The van der Waals surface area contributed by atoms with Gasteiger partial charge in [0.25, 0.3) is 5.91 Å². The normalized spacial score (nSPS) is 10.2. The molecule has 0 aliphatic rings. The molecule has 0 fully saturated rings. The first-order chi connectivity index (χ1) is 11.7. The van der Waals surface area contributed by atoms with Crippen molar-refractivity contribution in [3.8, 4) is 22.1 Å². The Labute approximate surface area is 143 Å². The van der Waals surface area contributed by atoms with E-state index in [9.17, 15) is 4.79 Å². The van der Waals surface area contributed by atoms with Crippen molar-refractivity contribution in [3.63, 3.8) is 0 Å². The smallest absolute Gasteiger partial charge is 0.257 e. The second kappa shape index (κ2) is 7.10. The summed E-state index contributed by atoms with van der Waals surface area (Å²) in [4.78, 5) is 21.8. The molecule has 7 heteroatoms. The summed E-state index contributed by atoms with van der Waals surface area (Å²) in [6.07, 6.45) is 3.41.